The summed E-state index contributed by atoms with van der Waals surface area (Å²) in [4.78, 5) is 14.5. The van der Waals surface area contributed by atoms with Crippen LogP contribution in [0.4, 0.5) is 0 Å². The van der Waals surface area contributed by atoms with Crippen LogP contribution in [-0.2, 0) is 11.3 Å². The number of carbonyl (C=O) groups is 1. The van der Waals surface area contributed by atoms with Gasteiger partial charge >= 0.3 is 0 Å². The summed E-state index contributed by atoms with van der Waals surface area (Å²) in [5, 5.41) is 5.25. The number of carbonyl (C=O) groups excluding carboxylic acids is 1. The molecule has 26 heavy (non-hydrogen) atoms. The van der Waals surface area contributed by atoms with Crippen molar-refractivity contribution >= 4 is 23.7 Å². The molecule has 0 aromatic heterocycles. The Morgan fingerprint density at radius 2 is 1.85 bits per heavy atom. The standard InChI is InChI=1S/C22H26N2OS/c25-22(13-16-26-15-12-19-7-3-1-4-8-19)23-21-11-14-24(18-21)17-20-9-5-2-6-10-20/h1-10,12,15,21H,11,13-14,16-18H2,(H,23,25)/b15-12-. The van der Waals surface area contributed by atoms with Gasteiger partial charge in [0.05, 0.1) is 0 Å². The minimum atomic E-state index is 0.164. The van der Waals surface area contributed by atoms with Gasteiger partial charge in [-0.15, -0.1) is 11.8 Å². The lowest BCUT2D eigenvalue weighted by atomic mass is 10.2. The number of nitrogens with zero attached hydrogens (tertiary/aromatic N) is 1. The lowest BCUT2D eigenvalue weighted by molar-refractivity contribution is -0.121. The quantitative estimate of drug-likeness (QED) is 0.712. The Hall–Kier alpha value is -2.04. The van der Waals surface area contributed by atoms with Crippen LogP contribution in [0.25, 0.3) is 6.08 Å². The summed E-state index contributed by atoms with van der Waals surface area (Å²) in [5.41, 5.74) is 2.52. The molecule has 0 aliphatic carbocycles. The number of nitrogens with one attached hydrogen (secondary N) is 1. The summed E-state index contributed by atoms with van der Waals surface area (Å²) in [6.07, 6.45) is 3.69. The van der Waals surface area contributed by atoms with Gasteiger partial charge in [0, 0.05) is 37.8 Å². The second kappa shape index (κ2) is 10.2. The maximum atomic E-state index is 12.1. The third-order valence-corrected chi connectivity index (χ3v) is 5.26. The topological polar surface area (TPSA) is 32.3 Å². The van der Waals surface area contributed by atoms with Gasteiger partial charge in [0.2, 0.25) is 5.91 Å². The monoisotopic (exact) mass is 366 g/mol. The Morgan fingerprint density at radius 1 is 1.12 bits per heavy atom. The van der Waals surface area contributed by atoms with E-state index in [1.165, 1.54) is 11.1 Å². The second-order valence-electron chi connectivity index (χ2n) is 6.61. The number of hydrogen-bond donors (Lipinski definition) is 1. The molecule has 1 unspecified atom stereocenters. The molecule has 2 aromatic carbocycles. The summed E-state index contributed by atoms with van der Waals surface area (Å²) in [5.74, 6) is 0.979. The number of benzene rings is 2. The number of rotatable bonds is 8. The molecule has 1 fully saturated rings. The van der Waals surface area contributed by atoms with Crippen LogP contribution in [0.1, 0.15) is 24.0 Å². The number of hydrogen-bond acceptors (Lipinski definition) is 3. The van der Waals surface area contributed by atoms with Gasteiger partial charge in [-0.25, -0.2) is 0 Å². The average Bonchev–Trinajstić information content (AvgIpc) is 3.10. The maximum Gasteiger partial charge on any atom is 0.221 e. The van der Waals surface area contributed by atoms with Gasteiger partial charge in [-0.05, 0) is 29.0 Å². The largest absolute Gasteiger partial charge is 0.352 e. The van der Waals surface area contributed by atoms with Gasteiger partial charge in [-0.1, -0.05) is 60.7 Å². The fourth-order valence-electron chi connectivity index (χ4n) is 3.15. The third-order valence-electron chi connectivity index (χ3n) is 4.49. The van der Waals surface area contributed by atoms with E-state index in [4.69, 9.17) is 0 Å². The first-order valence-corrected chi connectivity index (χ1v) is 10.2. The highest BCUT2D eigenvalue weighted by molar-refractivity contribution is 8.02. The molecule has 136 valence electrons. The van der Waals surface area contributed by atoms with E-state index >= 15 is 0 Å². The van der Waals surface area contributed by atoms with Gasteiger partial charge in [0.1, 0.15) is 0 Å². The Morgan fingerprint density at radius 3 is 2.62 bits per heavy atom. The first-order chi connectivity index (χ1) is 12.8. The molecule has 1 aliphatic rings. The minimum Gasteiger partial charge on any atom is -0.352 e. The molecular formula is C22H26N2OS. The normalized spacial score (nSPS) is 17.6. The summed E-state index contributed by atoms with van der Waals surface area (Å²) in [6.45, 7) is 2.96. The summed E-state index contributed by atoms with van der Waals surface area (Å²) < 4.78 is 0. The van der Waals surface area contributed by atoms with Crippen molar-refractivity contribution in [3.63, 3.8) is 0 Å². The Bertz CT molecular complexity index is 703. The maximum absolute atomic E-state index is 12.1. The Kier molecular flexibility index (Phi) is 7.35. The number of likely N-dealkylation sites (tertiary alicyclic amines) is 1. The van der Waals surface area contributed by atoms with E-state index in [0.717, 1.165) is 31.8 Å². The van der Waals surface area contributed by atoms with Crippen LogP contribution >= 0.6 is 11.8 Å². The van der Waals surface area contributed by atoms with Crippen LogP contribution in [0.3, 0.4) is 0 Å². The van der Waals surface area contributed by atoms with Crippen LogP contribution in [0.2, 0.25) is 0 Å². The molecule has 0 spiro atoms. The first-order valence-electron chi connectivity index (χ1n) is 9.18. The van der Waals surface area contributed by atoms with E-state index in [2.05, 4.69) is 58.1 Å². The van der Waals surface area contributed by atoms with Crippen molar-refractivity contribution in [2.45, 2.75) is 25.4 Å². The first kappa shape index (κ1) is 18.7. The zero-order chi connectivity index (χ0) is 18.0. The van der Waals surface area contributed by atoms with Crippen LogP contribution in [-0.4, -0.2) is 35.7 Å². The van der Waals surface area contributed by atoms with Crippen molar-refractivity contribution in [3.8, 4) is 0 Å². The zero-order valence-corrected chi connectivity index (χ0v) is 15.8. The molecule has 2 aromatic rings. The van der Waals surface area contributed by atoms with Gasteiger partial charge in [0.15, 0.2) is 0 Å². The van der Waals surface area contributed by atoms with Gasteiger partial charge < -0.3 is 5.32 Å². The van der Waals surface area contributed by atoms with Crippen molar-refractivity contribution in [3.05, 3.63) is 77.2 Å². The fraction of sp³-hybridized carbons (Fsp3) is 0.318. The fourth-order valence-corrected chi connectivity index (χ4v) is 3.84. The van der Waals surface area contributed by atoms with Crippen LogP contribution < -0.4 is 5.32 Å². The SMILES string of the molecule is O=C(CCS/C=C\c1ccccc1)NC1CCN(Cc2ccccc2)C1. The molecule has 0 radical (unpaired) electrons. The van der Waals surface area contributed by atoms with Gasteiger partial charge in [-0.2, -0.15) is 0 Å². The second-order valence-corrected chi connectivity index (χ2v) is 7.62. The Balaban J connectivity index is 1.31. The van der Waals surface area contributed by atoms with Crippen molar-refractivity contribution < 1.29 is 4.79 Å². The molecule has 1 atom stereocenters. The predicted octanol–water partition coefficient (Wildman–Crippen LogP) is 4.17. The molecule has 3 nitrogen and oxygen atoms in total. The van der Waals surface area contributed by atoms with Crippen molar-refractivity contribution in [1.82, 2.24) is 10.2 Å². The van der Waals surface area contributed by atoms with Gasteiger partial charge in [0.25, 0.3) is 0 Å². The molecule has 1 saturated heterocycles. The summed E-state index contributed by atoms with van der Waals surface area (Å²) in [7, 11) is 0. The van der Waals surface area contributed by atoms with Crippen LogP contribution in [0, 0.1) is 0 Å². The van der Waals surface area contributed by atoms with E-state index in [1.807, 2.05) is 24.3 Å². The van der Waals surface area contributed by atoms with Crippen LogP contribution in [0.15, 0.2) is 66.1 Å². The van der Waals surface area contributed by atoms with Crippen LogP contribution in [0.5, 0.6) is 0 Å². The predicted molar refractivity (Wildman–Crippen MR) is 111 cm³/mol. The van der Waals surface area contributed by atoms with E-state index in [9.17, 15) is 4.79 Å². The highest BCUT2D eigenvalue weighted by atomic mass is 32.2. The highest BCUT2D eigenvalue weighted by Gasteiger charge is 2.23. The molecule has 0 bridgehead atoms. The molecule has 4 heteroatoms. The van der Waals surface area contributed by atoms with E-state index in [-0.39, 0.29) is 11.9 Å². The van der Waals surface area contributed by atoms with E-state index in [0.29, 0.717) is 6.42 Å². The smallest absolute Gasteiger partial charge is 0.221 e. The minimum absolute atomic E-state index is 0.164. The molecule has 1 heterocycles. The van der Waals surface area contributed by atoms with Crippen molar-refractivity contribution in [2.75, 3.05) is 18.8 Å². The third kappa shape index (κ3) is 6.36. The molecule has 0 saturated carbocycles. The molecule has 1 aliphatic heterocycles. The van der Waals surface area contributed by atoms with E-state index < -0.39 is 0 Å². The molecule has 1 N–H and O–H groups in total. The zero-order valence-electron chi connectivity index (χ0n) is 15.0. The molecule has 3 rings (SSSR count). The van der Waals surface area contributed by atoms with Crippen molar-refractivity contribution in [2.24, 2.45) is 0 Å². The summed E-state index contributed by atoms with van der Waals surface area (Å²) >= 11 is 1.68. The Labute approximate surface area is 160 Å². The average molecular weight is 367 g/mol. The lowest BCUT2D eigenvalue weighted by Gasteiger charge is -2.16. The van der Waals surface area contributed by atoms with Crippen molar-refractivity contribution in [1.29, 1.82) is 0 Å². The lowest BCUT2D eigenvalue weighted by Crippen LogP contribution is -2.37. The van der Waals surface area contributed by atoms with Gasteiger partial charge in [-0.3, -0.25) is 9.69 Å². The number of amides is 1. The highest BCUT2D eigenvalue weighted by Crippen LogP contribution is 2.14. The summed E-state index contributed by atoms with van der Waals surface area (Å²) in [6, 6.07) is 21.0. The molecule has 1 amide bonds. The molecular weight excluding hydrogens is 340 g/mol. The van der Waals surface area contributed by atoms with E-state index in [1.54, 1.807) is 11.8 Å². The number of thioether (sulfide) groups is 1.